The van der Waals surface area contributed by atoms with Gasteiger partial charge in [0.15, 0.2) is 0 Å². The molecule has 1 unspecified atom stereocenters. The van der Waals surface area contributed by atoms with Crippen LogP contribution in [0.25, 0.3) is 10.9 Å². The fourth-order valence-electron chi connectivity index (χ4n) is 2.20. The first-order valence-corrected chi connectivity index (χ1v) is 6.97. The topological polar surface area (TPSA) is 63.8 Å². The second-order valence-electron chi connectivity index (χ2n) is 5.04. The Balaban J connectivity index is 2.12. The number of rotatable bonds is 6. The minimum atomic E-state index is 0.419. The summed E-state index contributed by atoms with van der Waals surface area (Å²) < 4.78 is 0. The number of nitrogens with two attached hydrogens (primary N) is 1. The van der Waals surface area contributed by atoms with E-state index in [1.807, 2.05) is 18.2 Å². The number of nitrogens with one attached hydrogen (secondary N) is 1. The van der Waals surface area contributed by atoms with Gasteiger partial charge in [-0.2, -0.15) is 0 Å². The van der Waals surface area contributed by atoms with E-state index in [0.29, 0.717) is 6.04 Å². The number of hydrogen-bond donors (Lipinski definition) is 2. The lowest BCUT2D eigenvalue weighted by molar-refractivity contribution is 0.614. The maximum absolute atomic E-state index is 5.78. The zero-order chi connectivity index (χ0) is 13.7. The number of hydrogen-bond acceptors (Lipinski definition) is 4. The van der Waals surface area contributed by atoms with E-state index in [9.17, 15) is 0 Å². The molecule has 2 aromatic rings. The molecule has 0 spiro atoms. The van der Waals surface area contributed by atoms with Crippen molar-refractivity contribution in [3.05, 3.63) is 24.5 Å². The molecule has 1 atom stereocenters. The molecule has 0 saturated carbocycles. The van der Waals surface area contributed by atoms with Crippen molar-refractivity contribution in [1.82, 2.24) is 9.97 Å². The molecule has 0 aliphatic carbocycles. The summed E-state index contributed by atoms with van der Waals surface area (Å²) in [5, 5.41) is 4.50. The summed E-state index contributed by atoms with van der Waals surface area (Å²) in [5.74, 6) is 0.897. The standard InChI is InChI=1S/C15H22N4/c1-3-4-5-6-11(2)19-15-13-8-7-12(16)9-14(13)17-10-18-15/h7-11H,3-6,16H2,1-2H3,(H,17,18,19). The Labute approximate surface area is 114 Å². The highest BCUT2D eigenvalue weighted by atomic mass is 15.0. The highest BCUT2D eigenvalue weighted by Gasteiger charge is 2.07. The maximum Gasteiger partial charge on any atom is 0.137 e. The van der Waals surface area contributed by atoms with Gasteiger partial charge in [0.25, 0.3) is 0 Å². The van der Waals surface area contributed by atoms with Crippen LogP contribution in [0.5, 0.6) is 0 Å². The monoisotopic (exact) mass is 258 g/mol. The normalized spacial score (nSPS) is 12.5. The minimum absolute atomic E-state index is 0.419. The average molecular weight is 258 g/mol. The van der Waals surface area contributed by atoms with E-state index in [-0.39, 0.29) is 0 Å². The SMILES string of the molecule is CCCCCC(C)Nc1ncnc2cc(N)ccc12. The van der Waals surface area contributed by atoms with E-state index < -0.39 is 0 Å². The van der Waals surface area contributed by atoms with Crippen LogP contribution in [0.2, 0.25) is 0 Å². The molecule has 3 N–H and O–H groups in total. The number of nitrogen functional groups attached to an aromatic ring is 1. The second kappa shape index (κ2) is 6.36. The summed E-state index contributed by atoms with van der Waals surface area (Å²) in [6.45, 7) is 4.42. The molecule has 0 aliphatic rings. The minimum Gasteiger partial charge on any atom is -0.399 e. The summed E-state index contributed by atoms with van der Waals surface area (Å²) >= 11 is 0. The van der Waals surface area contributed by atoms with Gasteiger partial charge in [-0.05, 0) is 31.5 Å². The van der Waals surface area contributed by atoms with Gasteiger partial charge in [-0.1, -0.05) is 26.2 Å². The van der Waals surface area contributed by atoms with Gasteiger partial charge >= 0.3 is 0 Å². The van der Waals surface area contributed by atoms with Gasteiger partial charge < -0.3 is 11.1 Å². The Hall–Kier alpha value is -1.84. The van der Waals surface area contributed by atoms with Crippen LogP contribution in [0.15, 0.2) is 24.5 Å². The molecule has 0 amide bonds. The quantitative estimate of drug-likeness (QED) is 0.614. The molecular weight excluding hydrogens is 236 g/mol. The van der Waals surface area contributed by atoms with Gasteiger partial charge in [-0.3, -0.25) is 0 Å². The fraction of sp³-hybridized carbons (Fsp3) is 0.467. The summed E-state index contributed by atoms with van der Waals surface area (Å²) in [7, 11) is 0. The van der Waals surface area contributed by atoms with Crippen molar-refractivity contribution >= 4 is 22.4 Å². The van der Waals surface area contributed by atoms with Crippen molar-refractivity contribution in [2.24, 2.45) is 0 Å². The number of unbranched alkanes of at least 4 members (excludes halogenated alkanes) is 2. The summed E-state index contributed by atoms with van der Waals surface area (Å²) in [4.78, 5) is 8.60. The van der Waals surface area contributed by atoms with E-state index in [2.05, 4.69) is 29.1 Å². The van der Waals surface area contributed by atoms with Crippen molar-refractivity contribution in [3.8, 4) is 0 Å². The molecular formula is C15H22N4. The third kappa shape index (κ3) is 3.56. The fourth-order valence-corrected chi connectivity index (χ4v) is 2.20. The van der Waals surface area contributed by atoms with Gasteiger partial charge in [-0.25, -0.2) is 9.97 Å². The number of benzene rings is 1. The predicted octanol–water partition coefficient (Wildman–Crippen LogP) is 3.59. The average Bonchev–Trinajstić information content (AvgIpc) is 2.39. The molecule has 0 aliphatic heterocycles. The van der Waals surface area contributed by atoms with Gasteiger partial charge in [-0.15, -0.1) is 0 Å². The summed E-state index contributed by atoms with van der Waals surface area (Å²) in [6.07, 6.45) is 6.54. The van der Waals surface area contributed by atoms with Crippen LogP contribution in [0.3, 0.4) is 0 Å². The second-order valence-corrected chi connectivity index (χ2v) is 5.04. The molecule has 0 bridgehead atoms. The molecule has 1 aromatic heterocycles. The highest BCUT2D eigenvalue weighted by molar-refractivity contribution is 5.90. The molecule has 4 heteroatoms. The molecule has 4 nitrogen and oxygen atoms in total. The third-order valence-electron chi connectivity index (χ3n) is 3.28. The van der Waals surface area contributed by atoms with E-state index in [1.165, 1.54) is 19.3 Å². The van der Waals surface area contributed by atoms with E-state index in [1.54, 1.807) is 6.33 Å². The van der Waals surface area contributed by atoms with Crippen molar-refractivity contribution in [1.29, 1.82) is 0 Å². The molecule has 2 rings (SSSR count). The van der Waals surface area contributed by atoms with Crippen LogP contribution in [0.4, 0.5) is 11.5 Å². The maximum atomic E-state index is 5.78. The van der Waals surface area contributed by atoms with Crippen LogP contribution < -0.4 is 11.1 Å². The first-order chi connectivity index (χ1) is 9.20. The molecule has 0 saturated heterocycles. The molecule has 19 heavy (non-hydrogen) atoms. The molecule has 0 radical (unpaired) electrons. The van der Waals surface area contributed by atoms with E-state index in [0.717, 1.165) is 28.8 Å². The molecule has 0 fully saturated rings. The Bertz CT molecular complexity index is 539. The Morgan fingerprint density at radius 2 is 2.11 bits per heavy atom. The van der Waals surface area contributed by atoms with Gasteiger partial charge in [0.05, 0.1) is 5.52 Å². The largest absolute Gasteiger partial charge is 0.399 e. The van der Waals surface area contributed by atoms with Gasteiger partial charge in [0, 0.05) is 17.1 Å². The van der Waals surface area contributed by atoms with Crippen molar-refractivity contribution in [2.75, 3.05) is 11.1 Å². The zero-order valence-electron chi connectivity index (χ0n) is 11.7. The number of aromatic nitrogens is 2. The lowest BCUT2D eigenvalue weighted by Gasteiger charge is -2.15. The number of nitrogens with zero attached hydrogens (tertiary/aromatic N) is 2. The zero-order valence-corrected chi connectivity index (χ0v) is 11.7. The molecule has 1 heterocycles. The van der Waals surface area contributed by atoms with Crippen molar-refractivity contribution < 1.29 is 0 Å². The smallest absolute Gasteiger partial charge is 0.137 e. The Kier molecular flexibility index (Phi) is 4.55. The van der Waals surface area contributed by atoms with Crippen LogP contribution in [0.1, 0.15) is 39.5 Å². The number of anilines is 2. The first-order valence-electron chi connectivity index (χ1n) is 6.97. The van der Waals surface area contributed by atoms with Crippen molar-refractivity contribution in [2.45, 2.75) is 45.6 Å². The first kappa shape index (κ1) is 13.6. The van der Waals surface area contributed by atoms with Crippen LogP contribution in [-0.2, 0) is 0 Å². The van der Waals surface area contributed by atoms with Crippen LogP contribution in [-0.4, -0.2) is 16.0 Å². The lowest BCUT2D eigenvalue weighted by atomic mass is 10.1. The van der Waals surface area contributed by atoms with Crippen molar-refractivity contribution in [3.63, 3.8) is 0 Å². The van der Waals surface area contributed by atoms with Crippen LogP contribution >= 0.6 is 0 Å². The summed E-state index contributed by atoms with van der Waals surface area (Å²) in [6, 6.07) is 6.16. The number of fused-ring (bicyclic) bond motifs is 1. The summed E-state index contributed by atoms with van der Waals surface area (Å²) in [5.41, 5.74) is 7.39. The highest BCUT2D eigenvalue weighted by Crippen LogP contribution is 2.22. The predicted molar refractivity (Wildman–Crippen MR) is 81.2 cm³/mol. The van der Waals surface area contributed by atoms with Gasteiger partial charge in [0.1, 0.15) is 12.1 Å². The third-order valence-corrected chi connectivity index (χ3v) is 3.28. The lowest BCUT2D eigenvalue weighted by Crippen LogP contribution is -2.16. The Morgan fingerprint density at radius 3 is 2.89 bits per heavy atom. The Morgan fingerprint density at radius 1 is 1.26 bits per heavy atom. The van der Waals surface area contributed by atoms with E-state index in [4.69, 9.17) is 5.73 Å². The van der Waals surface area contributed by atoms with E-state index >= 15 is 0 Å². The molecule has 102 valence electrons. The van der Waals surface area contributed by atoms with Crippen LogP contribution in [0, 0.1) is 0 Å². The van der Waals surface area contributed by atoms with Gasteiger partial charge in [0.2, 0.25) is 0 Å². The molecule has 1 aromatic carbocycles.